The van der Waals surface area contributed by atoms with Gasteiger partial charge in [0.2, 0.25) is 0 Å². The van der Waals surface area contributed by atoms with Crippen LogP contribution in [-0.2, 0) is 6.54 Å². The molecule has 0 amide bonds. The van der Waals surface area contributed by atoms with Crippen LogP contribution in [0, 0.1) is 6.92 Å². The van der Waals surface area contributed by atoms with Gasteiger partial charge in [-0.25, -0.2) is 4.98 Å². The van der Waals surface area contributed by atoms with Crippen LogP contribution in [0.4, 0.5) is 0 Å². The first-order chi connectivity index (χ1) is 15.2. The number of thiocarbonyl (C=S) groups is 1. The van der Waals surface area contributed by atoms with E-state index in [4.69, 9.17) is 12.2 Å². The van der Waals surface area contributed by atoms with Crippen LogP contribution in [0.3, 0.4) is 0 Å². The van der Waals surface area contributed by atoms with E-state index in [0.29, 0.717) is 11.7 Å². The molecule has 0 bridgehead atoms. The Hall–Kier alpha value is -3.58. The van der Waals surface area contributed by atoms with E-state index in [0.717, 1.165) is 28.5 Å². The average Bonchev–Trinajstić information content (AvgIpc) is 3.40. The van der Waals surface area contributed by atoms with Crippen molar-refractivity contribution in [1.29, 1.82) is 0 Å². The largest absolute Gasteiger partial charge is 0.352 e. The van der Waals surface area contributed by atoms with Crippen LogP contribution >= 0.6 is 12.2 Å². The summed E-state index contributed by atoms with van der Waals surface area (Å²) >= 11 is 5.78. The fraction of sp³-hybridized carbons (Fsp3) is 0.167. The number of aromatic nitrogens is 4. The van der Waals surface area contributed by atoms with Crippen LogP contribution in [0.1, 0.15) is 34.7 Å². The van der Waals surface area contributed by atoms with Gasteiger partial charge in [0.15, 0.2) is 5.11 Å². The number of pyridine rings is 3. The molecule has 2 unspecified atom stereocenters. The van der Waals surface area contributed by atoms with Gasteiger partial charge in [0.05, 0.1) is 30.0 Å². The predicted molar refractivity (Wildman–Crippen MR) is 124 cm³/mol. The van der Waals surface area contributed by atoms with E-state index in [1.54, 1.807) is 0 Å². The summed E-state index contributed by atoms with van der Waals surface area (Å²) in [7, 11) is 0. The summed E-state index contributed by atoms with van der Waals surface area (Å²) in [5.41, 5.74) is 4.13. The Kier molecular flexibility index (Phi) is 5.18. The topological polar surface area (TPSA) is 58.9 Å². The first-order valence-corrected chi connectivity index (χ1v) is 10.6. The lowest BCUT2D eigenvalue weighted by molar-refractivity contribution is 0.299. The van der Waals surface area contributed by atoms with Gasteiger partial charge in [-0.05, 0) is 67.2 Å². The van der Waals surface area contributed by atoms with Crippen molar-refractivity contribution in [1.82, 2.24) is 29.7 Å². The van der Waals surface area contributed by atoms with Crippen molar-refractivity contribution in [3.05, 3.63) is 108 Å². The minimum absolute atomic E-state index is 0.0671. The molecule has 2 atom stereocenters. The van der Waals surface area contributed by atoms with E-state index >= 15 is 0 Å². The van der Waals surface area contributed by atoms with Gasteiger partial charge in [0, 0.05) is 30.5 Å². The Morgan fingerprint density at radius 1 is 0.935 bits per heavy atom. The zero-order valence-corrected chi connectivity index (χ0v) is 17.9. The maximum absolute atomic E-state index is 5.78. The summed E-state index contributed by atoms with van der Waals surface area (Å²) in [5, 5.41) is 4.19. The second-order valence-electron chi connectivity index (χ2n) is 7.57. The van der Waals surface area contributed by atoms with Gasteiger partial charge in [-0.3, -0.25) is 9.97 Å². The van der Waals surface area contributed by atoms with Gasteiger partial charge in [-0.1, -0.05) is 18.2 Å². The molecule has 0 aromatic carbocycles. The first kappa shape index (κ1) is 19.4. The van der Waals surface area contributed by atoms with E-state index in [9.17, 15) is 0 Å². The van der Waals surface area contributed by atoms with Crippen LogP contribution in [0.25, 0.3) is 5.82 Å². The molecule has 1 saturated heterocycles. The van der Waals surface area contributed by atoms with E-state index in [2.05, 4.69) is 41.9 Å². The molecule has 1 aliphatic rings. The van der Waals surface area contributed by atoms with E-state index in [1.165, 1.54) is 0 Å². The smallest absolute Gasteiger partial charge is 0.170 e. The lowest BCUT2D eigenvalue weighted by Gasteiger charge is -2.28. The predicted octanol–water partition coefficient (Wildman–Crippen LogP) is 4.14. The number of hydrogen-bond donors (Lipinski definition) is 1. The summed E-state index contributed by atoms with van der Waals surface area (Å²) in [6.45, 7) is 2.64. The van der Waals surface area contributed by atoms with Crippen molar-refractivity contribution in [2.75, 3.05) is 0 Å². The maximum Gasteiger partial charge on any atom is 0.170 e. The monoisotopic (exact) mass is 426 g/mol. The van der Waals surface area contributed by atoms with E-state index in [1.807, 2.05) is 80.2 Å². The van der Waals surface area contributed by atoms with Crippen molar-refractivity contribution in [2.24, 2.45) is 0 Å². The van der Waals surface area contributed by atoms with Crippen LogP contribution in [0.5, 0.6) is 0 Å². The molecule has 154 valence electrons. The van der Waals surface area contributed by atoms with Crippen molar-refractivity contribution in [2.45, 2.75) is 25.6 Å². The fourth-order valence-electron chi connectivity index (χ4n) is 4.01. The Morgan fingerprint density at radius 3 is 2.48 bits per heavy atom. The van der Waals surface area contributed by atoms with Crippen molar-refractivity contribution in [3.63, 3.8) is 0 Å². The van der Waals surface area contributed by atoms with Gasteiger partial charge < -0.3 is 14.8 Å². The maximum atomic E-state index is 5.78. The minimum Gasteiger partial charge on any atom is -0.352 e. The van der Waals surface area contributed by atoms with Crippen molar-refractivity contribution < 1.29 is 0 Å². The highest BCUT2D eigenvalue weighted by Gasteiger charge is 2.41. The van der Waals surface area contributed by atoms with Crippen LogP contribution in [-0.4, -0.2) is 29.5 Å². The molecular weight excluding hydrogens is 404 g/mol. The second-order valence-corrected chi connectivity index (χ2v) is 7.96. The third-order valence-corrected chi connectivity index (χ3v) is 5.83. The molecule has 1 N–H and O–H groups in total. The molecule has 4 aromatic rings. The normalized spacial score (nSPS) is 18.2. The highest BCUT2D eigenvalue weighted by atomic mass is 32.1. The van der Waals surface area contributed by atoms with Gasteiger partial charge in [-0.2, -0.15) is 0 Å². The Labute approximate surface area is 186 Å². The van der Waals surface area contributed by atoms with Gasteiger partial charge >= 0.3 is 0 Å². The molecule has 1 aliphatic heterocycles. The zero-order valence-electron chi connectivity index (χ0n) is 17.1. The molecule has 31 heavy (non-hydrogen) atoms. The molecule has 0 spiro atoms. The van der Waals surface area contributed by atoms with Gasteiger partial charge in [0.25, 0.3) is 0 Å². The average molecular weight is 427 g/mol. The summed E-state index contributed by atoms with van der Waals surface area (Å²) in [4.78, 5) is 16.0. The standard InChI is InChI=1S/C24H22N6S/c1-17-10-11-21(27-15-17)29-14-6-9-20(29)23-22(19-8-3-5-13-26-19)28-24(31)30(23)16-18-7-2-4-12-25-18/h2-15,22-23H,16H2,1H3,(H,28,31). The molecule has 6 nitrogen and oxygen atoms in total. The van der Waals surface area contributed by atoms with E-state index in [-0.39, 0.29) is 12.1 Å². The number of nitrogens with zero attached hydrogens (tertiary/aromatic N) is 5. The molecule has 0 saturated carbocycles. The molecule has 0 radical (unpaired) electrons. The van der Waals surface area contributed by atoms with Crippen molar-refractivity contribution >= 4 is 17.3 Å². The summed E-state index contributed by atoms with van der Waals surface area (Å²) in [6, 6.07) is 20.1. The van der Waals surface area contributed by atoms with Crippen molar-refractivity contribution in [3.8, 4) is 5.82 Å². The first-order valence-electron chi connectivity index (χ1n) is 10.2. The Morgan fingerprint density at radius 2 is 1.77 bits per heavy atom. The number of rotatable bonds is 5. The molecule has 5 heterocycles. The van der Waals surface area contributed by atoms with Crippen LogP contribution in [0.2, 0.25) is 0 Å². The van der Waals surface area contributed by atoms with E-state index < -0.39 is 0 Å². The molecule has 4 aromatic heterocycles. The van der Waals surface area contributed by atoms with Crippen LogP contribution < -0.4 is 5.32 Å². The molecule has 1 fully saturated rings. The Bertz CT molecular complexity index is 1170. The lowest BCUT2D eigenvalue weighted by Crippen LogP contribution is -2.30. The van der Waals surface area contributed by atoms with Gasteiger partial charge in [0.1, 0.15) is 5.82 Å². The highest BCUT2D eigenvalue weighted by Crippen LogP contribution is 2.40. The quantitative estimate of drug-likeness (QED) is 0.484. The van der Waals surface area contributed by atoms with Crippen LogP contribution in [0.15, 0.2) is 85.5 Å². The highest BCUT2D eigenvalue weighted by molar-refractivity contribution is 7.80. The molecule has 5 rings (SSSR count). The third-order valence-electron chi connectivity index (χ3n) is 5.48. The Balaban J connectivity index is 1.60. The third kappa shape index (κ3) is 3.80. The second kappa shape index (κ2) is 8.28. The summed E-state index contributed by atoms with van der Waals surface area (Å²) < 4.78 is 2.13. The lowest BCUT2D eigenvalue weighted by atomic mass is 10.0. The molecular formula is C24H22N6S. The van der Waals surface area contributed by atoms with Gasteiger partial charge in [-0.15, -0.1) is 0 Å². The zero-order chi connectivity index (χ0) is 21.2. The summed E-state index contributed by atoms with van der Waals surface area (Å²) in [5.74, 6) is 0.876. The number of nitrogens with one attached hydrogen (secondary N) is 1. The fourth-order valence-corrected chi connectivity index (χ4v) is 4.31. The molecule has 7 heteroatoms. The number of aryl methyl sites for hydroxylation is 1. The number of hydrogen-bond acceptors (Lipinski definition) is 4. The minimum atomic E-state index is -0.0866. The summed E-state index contributed by atoms with van der Waals surface area (Å²) in [6.07, 6.45) is 7.56. The molecule has 0 aliphatic carbocycles. The SMILES string of the molecule is Cc1ccc(-n2cccc2C2C(c3ccccn3)NC(=S)N2Cc2ccccn2)nc1.